The Morgan fingerprint density at radius 3 is 2.85 bits per heavy atom. The number of aliphatic hydroxyl groups is 1. The maximum Gasteiger partial charge on any atom is 0.126 e. The summed E-state index contributed by atoms with van der Waals surface area (Å²) >= 11 is 0. The zero-order valence-electron chi connectivity index (χ0n) is 7.23. The molecule has 0 radical (unpaired) electrons. The molecule has 3 atom stereocenters. The summed E-state index contributed by atoms with van der Waals surface area (Å²) in [5, 5.41) is 9.51. The third-order valence-corrected chi connectivity index (χ3v) is 2.65. The standard InChI is InChI=1S/C10H12FNO/c11-9-4-3-8(10(9)13)7-2-1-5-12-6-7/h1-2,5-6,8-10,13H,3-4H2. The van der Waals surface area contributed by atoms with Gasteiger partial charge in [0, 0.05) is 18.3 Å². The Morgan fingerprint density at radius 1 is 1.46 bits per heavy atom. The van der Waals surface area contributed by atoms with Crippen LogP contribution in [0.25, 0.3) is 0 Å². The van der Waals surface area contributed by atoms with Crippen LogP contribution in [-0.4, -0.2) is 22.4 Å². The van der Waals surface area contributed by atoms with E-state index in [4.69, 9.17) is 0 Å². The molecular formula is C10H12FNO. The highest BCUT2D eigenvalue weighted by Gasteiger charge is 2.35. The van der Waals surface area contributed by atoms with E-state index in [0.29, 0.717) is 12.8 Å². The first kappa shape index (κ1) is 8.63. The number of aromatic nitrogens is 1. The van der Waals surface area contributed by atoms with Gasteiger partial charge in [-0.3, -0.25) is 4.98 Å². The van der Waals surface area contributed by atoms with E-state index in [1.807, 2.05) is 12.1 Å². The van der Waals surface area contributed by atoms with E-state index in [9.17, 15) is 9.50 Å². The summed E-state index contributed by atoms with van der Waals surface area (Å²) in [5.41, 5.74) is 0.940. The van der Waals surface area contributed by atoms with Crippen LogP contribution in [0.4, 0.5) is 4.39 Å². The fourth-order valence-corrected chi connectivity index (χ4v) is 1.89. The molecule has 1 aromatic rings. The van der Waals surface area contributed by atoms with Crippen LogP contribution in [0.15, 0.2) is 24.5 Å². The fourth-order valence-electron chi connectivity index (χ4n) is 1.89. The topological polar surface area (TPSA) is 33.1 Å². The summed E-state index contributed by atoms with van der Waals surface area (Å²) in [7, 11) is 0. The van der Waals surface area contributed by atoms with Crippen LogP contribution in [0.1, 0.15) is 24.3 Å². The van der Waals surface area contributed by atoms with Crippen LogP contribution in [0.5, 0.6) is 0 Å². The zero-order chi connectivity index (χ0) is 9.26. The van der Waals surface area contributed by atoms with Crippen LogP contribution < -0.4 is 0 Å². The van der Waals surface area contributed by atoms with Crippen molar-refractivity contribution in [2.75, 3.05) is 0 Å². The molecule has 1 aromatic heterocycles. The van der Waals surface area contributed by atoms with Crippen molar-refractivity contribution in [2.24, 2.45) is 0 Å². The van der Waals surface area contributed by atoms with E-state index in [-0.39, 0.29) is 5.92 Å². The van der Waals surface area contributed by atoms with Crippen LogP contribution >= 0.6 is 0 Å². The number of hydrogen-bond acceptors (Lipinski definition) is 2. The highest BCUT2D eigenvalue weighted by molar-refractivity contribution is 5.18. The third-order valence-electron chi connectivity index (χ3n) is 2.65. The molecule has 13 heavy (non-hydrogen) atoms. The SMILES string of the molecule is OC1C(F)CCC1c1cccnc1. The van der Waals surface area contributed by atoms with E-state index >= 15 is 0 Å². The predicted molar refractivity (Wildman–Crippen MR) is 47.1 cm³/mol. The van der Waals surface area contributed by atoms with E-state index in [2.05, 4.69) is 4.98 Å². The molecule has 2 nitrogen and oxygen atoms in total. The van der Waals surface area contributed by atoms with Crippen LogP contribution in [0.3, 0.4) is 0 Å². The minimum absolute atomic E-state index is 0.0660. The van der Waals surface area contributed by atoms with Crippen molar-refractivity contribution in [3.63, 3.8) is 0 Å². The Balaban J connectivity index is 2.19. The van der Waals surface area contributed by atoms with Crippen LogP contribution in [0, 0.1) is 0 Å². The van der Waals surface area contributed by atoms with E-state index in [1.54, 1.807) is 12.4 Å². The molecule has 0 bridgehead atoms. The van der Waals surface area contributed by atoms with Gasteiger partial charge in [-0.1, -0.05) is 6.07 Å². The molecule has 3 heteroatoms. The lowest BCUT2D eigenvalue weighted by Gasteiger charge is -2.14. The van der Waals surface area contributed by atoms with Gasteiger partial charge in [-0.2, -0.15) is 0 Å². The van der Waals surface area contributed by atoms with Gasteiger partial charge >= 0.3 is 0 Å². The number of aliphatic hydroxyl groups excluding tert-OH is 1. The molecule has 0 saturated heterocycles. The maximum atomic E-state index is 13.0. The van der Waals surface area contributed by atoms with Gasteiger partial charge < -0.3 is 5.11 Å². The molecule has 3 unspecified atom stereocenters. The number of nitrogens with zero attached hydrogens (tertiary/aromatic N) is 1. The first-order chi connectivity index (χ1) is 6.29. The van der Waals surface area contributed by atoms with Crippen LogP contribution in [0.2, 0.25) is 0 Å². The van der Waals surface area contributed by atoms with E-state index in [0.717, 1.165) is 5.56 Å². The molecule has 1 fully saturated rings. The molecule has 1 saturated carbocycles. The first-order valence-electron chi connectivity index (χ1n) is 4.51. The Hall–Kier alpha value is -0.960. The number of alkyl halides is 1. The van der Waals surface area contributed by atoms with Crippen molar-refractivity contribution >= 4 is 0 Å². The lowest BCUT2D eigenvalue weighted by atomic mass is 9.97. The molecular weight excluding hydrogens is 169 g/mol. The number of hydrogen-bond donors (Lipinski definition) is 1. The molecule has 0 aromatic carbocycles. The van der Waals surface area contributed by atoms with Crippen molar-refractivity contribution in [3.05, 3.63) is 30.1 Å². The van der Waals surface area contributed by atoms with E-state index < -0.39 is 12.3 Å². The summed E-state index contributed by atoms with van der Waals surface area (Å²) in [6.07, 6.45) is 2.65. The fraction of sp³-hybridized carbons (Fsp3) is 0.500. The number of rotatable bonds is 1. The molecule has 1 N–H and O–H groups in total. The largest absolute Gasteiger partial charge is 0.389 e. The second-order valence-corrected chi connectivity index (χ2v) is 3.48. The quantitative estimate of drug-likeness (QED) is 0.714. The summed E-state index contributed by atoms with van der Waals surface area (Å²) in [4.78, 5) is 3.96. The molecule has 0 aliphatic heterocycles. The van der Waals surface area contributed by atoms with Gasteiger partial charge in [-0.25, -0.2) is 4.39 Å². The summed E-state index contributed by atoms with van der Waals surface area (Å²) in [6, 6.07) is 3.70. The number of pyridine rings is 1. The van der Waals surface area contributed by atoms with Crippen molar-refractivity contribution in [3.8, 4) is 0 Å². The monoisotopic (exact) mass is 181 g/mol. The summed E-state index contributed by atoms with van der Waals surface area (Å²) in [5.74, 6) is -0.0660. The lowest BCUT2D eigenvalue weighted by molar-refractivity contribution is 0.0903. The molecule has 70 valence electrons. The maximum absolute atomic E-state index is 13.0. The normalized spacial score (nSPS) is 33.5. The van der Waals surface area contributed by atoms with Gasteiger partial charge in [0.25, 0.3) is 0 Å². The van der Waals surface area contributed by atoms with Crippen molar-refractivity contribution < 1.29 is 9.50 Å². The van der Waals surface area contributed by atoms with Crippen LogP contribution in [-0.2, 0) is 0 Å². The average Bonchev–Trinajstić information content (AvgIpc) is 2.49. The van der Waals surface area contributed by atoms with Gasteiger partial charge in [0.2, 0.25) is 0 Å². The van der Waals surface area contributed by atoms with Gasteiger partial charge in [-0.15, -0.1) is 0 Å². The Morgan fingerprint density at radius 2 is 2.31 bits per heavy atom. The smallest absolute Gasteiger partial charge is 0.126 e. The van der Waals surface area contributed by atoms with Crippen molar-refractivity contribution in [1.29, 1.82) is 0 Å². The lowest BCUT2D eigenvalue weighted by Crippen LogP contribution is -2.20. The second kappa shape index (κ2) is 3.42. The van der Waals surface area contributed by atoms with E-state index in [1.165, 1.54) is 0 Å². The summed E-state index contributed by atoms with van der Waals surface area (Å²) < 4.78 is 13.0. The average molecular weight is 181 g/mol. The zero-order valence-corrected chi connectivity index (χ0v) is 7.23. The highest BCUT2D eigenvalue weighted by atomic mass is 19.1. The number of halogens is 1. The Labute approximate surface area is 76.4 Å². The van der Waals surface area contributed by atoms with Crippen molar-refractivity contribution in [1.82, 2.24) is 4.98 Å². The highest BCUT2D eigenvalue weighted by Crippen LogP contribution is 2.35. The third kappa shape index (κ3) is 1.56. The molecule has 0 amide bonds. The van der Waals surface area contributed by atoms with Gasteiger partial charge in [0.05, 0.1) is 6.10 Å². The minimum Gasteiger partial charge on any atom is -0.389 e. The first-order valence-corrected chi connectivity index (χ1v) is 4.51. The minimum atomic E-state index is -1.06. The Bertz CT molecular complexity index is 278. The molecule has 1 aliphatic rings. The van der Waals surface area contributed by atoms with Gasteiger partial charge in [0.1, 0.15) is 6.17 Å². The molecule has 0 spiro atoms. The molecule has 1 aliphatic carbocycles. The predicted octanol–water partition coefficient (Wildman–Crippen LogP) is 1.66. The van der Waals surface area contributed by atoms with Gasteiger partial charge in [0.15, 0.2) is 0 Å². The summed E-state index contributed by atoms with van der Waals surface area (Å²) in [6.45, 7) is 0. The molecule has 1 heterocycles. The van der Waals surface area contributed by atoms with Crippen molar-refractivity contribution in [2.45, 2.75) is 31.0 Å². The second-order valence-electron chi connectivity index (χ2n) is 3.48. The Kier molecular flexibility index (Phi) is 2.27. The van der Waals surface area contributed by atoms with Gasteiger partial charge in [-0.05, 0) is 24.5 Å². The molecule has 2 rings (SSSR count).